The third kappa shape index (κ3) is 5.49. The highest BCUT2D eigenvalue weighted by molar-refractivity contribution is 5.44. The maximum absolute atomic E-state index is 5.72. The lowest BCUT2D eigenvalue weighted by atomic mass is 10.1. The summed E-state index contributed by atoms with van der Waals surface area (Å²) in [6, 6.07) is 1.75. The van der Waals surface area contributed by atoms with Gasteiger partial charge in [-0.25, -0.2) is 9.97 Å². The molecule has 1 heterocycles. The maximum atomic E-state index is 5.72. The molecule has 0 saturated heterocycles. The third-order valence-corrected chi connectivity index (χ3v) is 2.26. The van der Waals surface area contributed by atoms with Crippen molar-refractivity contribution in [2.45, 2.75) is 33.8 Å². The fourth-order valence-corrected chi connectivity index (χ4v) is 1.36. The van der Waals surface area contributed by atoms with Gasteiger partial charge in [0.1, 0.15) is 18.2 Å². The van der Waals surface area contributed by atoms with Crippen LogP contribution in [-0.4, -0.2) is 23.1 Å². The predicted molar refractivity (Wildman–Crippen MR) is 69.7 cm³/mol. The summed E-state index contributed by atoms with van der Waals surface area (Å²) in [5.74, 6) is 2.54. The van der Waals surface area contributed by atoms with Crippen molar-refractivity contribution in [3.05, 3.63) is 11.9 Å². The zero-order valence-corrected chi connectivity index (χ0v) is 10.9. The minimum atomic E-state index is 0.403. The van der Waals surface area contributed by atoms with Crippen molar-refractivity contribution >= 4 is 11.6 Å². The van der Waals surface area contributed by atoms with Gasteiger partial charge in [-0.15, -0.1) is 0 Å². The van der Waals surface area contributed by atoms with Crippen LogP contribution in [0.3, 0.4) is 0 Å². The normalized spacial score (nSPS) is 10.8. The Balaban J connectivity index is 2.55. The lowest BCUT2D eigenvalue weighted by Gasteiger charge is -2.09. The van der Waals surface area contributed by atoms with E-state index in [1.807, 2.05) is 6.92 Å². The van der Waals surface area contributed by atoms with Crippen LogP contribution in [0.4, 0.5) is 11.6 Å². The van der Waals surface area contributed by atoms with Crippen LogP contribution >= 0.6 is 0 Å². The summed E-state index contributed by atoms with van der Waals surface area (Å²) in [6.45, 7) is 8.26. The first-order valence-corrected chi connectivity index (χ1v) is 6.06. The van der Waals surface area contributed by atoms with E-state index in [1.54, 1.807) is 6.07 Å². The van der Waals surface area contributed by atoms with Gasteiger partial charge in [0.15, 0.2) is 5.82 Å². The van der Waals surface area contributed by atoms with Gasteiger partial charge in [-0.1, -0.05) is 13.8 Å². The number of nitrogens with one attached hydrogen (secondary N) is 1. The highest BCUT2D eigenvalue weighted by atomic mass is 16.5. The summed E-state index contributed by atoms with van der Waals surface area (Å²) in [6.07, 6.45) is 1.10. The van der Waals surface area contributed by atoms with Gasteiger partial charge >= 0.3 is 0 Å². The first kappa shape index (κ1) is 13.7. The van der Waals surface area contributed by atoms with Crippen molar-refractivity contribution in [3.63, 3.8) is 0 Å². The molecule has 3 N–H and O–H groups in total. The van der Waals surface area contributed by atoms with Crippen LogP contribution in [0.2, 0.25) is 0 Å². The Bertz CT molecular complexity index is 341. The number of nitrogens with two attached hydrogens (primary N) is 1. The number of hydrogen-bond donors (Lipinski definition) is 2. The van der Waals surface area contributed by atoms with Crippen LogP contribution in [-0.2, 0) is 11.3 Å². The van der Waals surface area contributed by atoms with E-state index in [0.29, 0.717) is 30.8 Å². The standard InChI is InChI=1S/C12H22N4O/c1-4-17-8-12-15-10(13)7-11(16-12)14-6-5-9(2)3/h7,9H,4-6,8H2,1-3H3,(H3,13,14,15,16). The Kier molecular flexibility index (Phi) is 5.69. The van der Waals surface area contributed by atoms with Gasteiger partial charge < -0.3 is 15.8 Å². The molecule has 0 radical (unpaired) electrons. The zero-order chi connectivity index (χ0) is 12.7. The first-order valence-electron chi connectivity index (χ1n) is 6.06. The molecule has 0 saturated carbocycles. The quantitative estimate of drug-likeness (QED) is 0.760. The van der Waals surface area contributed by atoms with Crippen LogP contribution < -0.4 is 11.1 Å². The molecule has 0 aliphatic carbocycles. The van der Waals surface area contributed by atoms with Gasteiger partial charge in [0, 0.05) is 19.2 Å². The molecule has 0 aromatic carbocycles. The molecule has 1 rings (SSSR count). The van der Waals surface area contributed by atoms with Gasteiger partial charge in [-0.3, -0.25) is 0 Å². The Morgan fingerprint density at radius 3 is 2.82 bits per heavy atom. The molecule has 1 aromatic heterocycles. The van der Waals surface area contributed by atoms with Crippen LogP contribution in [0, 0.1) is 5.92 Å². The number of rotatable bonds is 7. The van der Waals surface area contributed by atoms with E-state index >= 15 is 0 Å². The lowest BCUT2D eigenvalue weighted by Crippen LogP contribution is -2.10. The van der Waals surface area contributed by atoms with E-state index in [9.17, 15) is 0 Å². The molecule has 0 fully saturated rings. The summed E-state index contributed by atoms with van der Waals surface area (Å²) in [5, 5.41) is 3.25. The van der Waals surface area contributed by atoms with E-state index < -0.39 is 0 Å². The molecule has 0 bridgehead atoms. The number of ether oxygens (including phenoxy) is 1. The van der Waals surface area contributed by atoms with Crippen molar-refractivity contribution in [1.29, 1.82) is 0 Å². The summed E-state index contributed by atoms with van der Waals surface area (Å²) in [7, 11) is 0. The zero-order valence-electron chi connectivity index (χ0n) is 10.9. The molecule has 0 atom stereocenters. The van der Waals surface area contributed by atoms with Crippen molar-refractivity contribution in [2.75, 3.05) is 24.2 Å². The van der Waals surface area contributed by atoms with Crippen molar-refractivity contribution in [1.82, 2.24) is 9.97 Å². The van der Waals surface area contributed by atoms with Crippen LogP contribution in [0.1, 0.15) is 33.0 Å². The SMILES string of the molecule is CCOCc1nc(N)cc(NCCC(C)C)n1. The van der Waals surface area contributed by atoms with E-state index in [4.69, 9.17) is 10.5 Å². The third-order valence-electron chi connectivity index (χ3n) is 2.26. The van der Waals surface area contributed by atoms with Gasteiger partial charge in [-0.2, -0.15) is 0 Å². The maximum Gasteiger partial charge on any atom is 0.158 e. The lowest BCUT2D eigenvalue weighted by molar-refractivity contribution is 0.128. The van der Waals surface area contributed by atoms with E-state index in [-0.39, 0.29) is 0 Å². The monoisotopic (exact) mass is 238 g/mol. The molecule has 1 aromatic rings. The average molecular weight is 238 g/mol. The van der Waals surface area contributed by atoms with Crippen molar-refractivity contribution < 1.29 is 4.74 Å². The molecule has 5 nitrogen and oxygen atoms in total. The number of hydrogen-bond acceptors (Lipinski definition) is 5. The smallest absolute Gasteiger partial charge is 0.158 e. The second-order valence-electron chi connectivity index (χ2n) is 4.34. The summed E-state index contributed by atoms with van der Waals surface area (Å²) in [5.41, 5.74) is 5.72. The molecule has 0 spiro atoms. The number of nitrogen functional groups attached to an aromatic ring is 1. The van der Waals surface area contributed by atoms with Gasteiger partial charge in [0.25, 0.3) is 0 Å². The van der Waals surface area contributed by atoms with Crippen LogP contribution in [0.15, 0.2) is 6.07 Å². The molecular formula is C12H22N4O. The molecule has 96 valence electrons. The average Bonchev–Trinajstić information content (AvgIpc) is 2.25. The first-order chi connectivity index (χ1) is 8.11. The molecule has 0 amide bonds. The van der Waals surface area contributed by atoms with Crippen molar-refractivity contribution in [2.24, 2.45) is 5.92 Å². The van der Waals surface area contributed by atoms with E-state index in [0.717, 1.165) is 18.8 Å². The van der Waals surface area contributed by atoms with E-state index in [2.05, 4.69) is 29.1 Å². The number of aromatic nitrogens is 2. The van der Waals surface area contributed by atoms with Crippen molar-refractivity contribution in [3.8, 4) is 0 Å². The fourth-order valence-electron chi connectivity index (χ4n) is 1.36. The Labute approximate surface area is 103 Å². The number of nitrogens with zero attached hydrogens (tertiary/aromatic N) is 2. The fraction of sp³-hybridized carbons (Fsp3) is 0.667. The van der Waals surface area contributed by atoms with Gasteiger partial charge in [0.2, 0.25) is 0 Å². The van der Waals surface area contributed by atoms with E-state index in [1.165, 1.54) is 0 Å². The largest absolute Gasteiger partial charge is 0.384 e. The second-order valence-corrected chi connectivity index (χ2v) is 4.34. The molecule has 0 unspecified atom stereocenters. The minimum absolute atomic E-state index is 0.403. The predicted octanol–water partition coefficient (Wildman–Crippen LogP) is 2.05. The van der Waals surface area contributed by atoms with Gasteiger partial charge in [0.05, 0.1) is 0 Å². The Morgan fingerprint density at radius 1 is 1.41 bits per heavy atom. The van der Waals surface area contributed by atoms with Crippen LogP contribution in [0.25, 0.3) is 0 Å². The summed E-state index contributed by atoms with van der Waals surface area (Å²) >= 11 is 0. The Hall–Kier alpha value is -1.36. The van der Waals surface area contributed by atoms with Crippen LogP contribution in [0.5, 0.6) is 0 Å². The Morgan fingerprint density at radius 2 is 2.18 bits per heavy atom. The molecule has 0 aliphatic heterocycles. The second kappa shape index (κ2) is 7.06. The highest BCUT2D eigenvalue weighted by Gasteiger charge is 2.03. The molecular weight excluding hydrogens is 216 g/mol. The number of anilines is 2. The highest BCUT2D eigenvalue weighted by Crippen LogP contribution is 2.10. The topological polar surface area (TPSA) is 73.1 Å². The molecule has 5 heteroatoms. The minimum Gasteiger partial charge on any atom is -0.384 e. The van der Waals surface area contributed by atoms with Gasteiger partial charge in [-0.05, 0) is 19.3 Å². The summed E-state index contributed by atoms with van der Waals surface area (Å²) in [4.78, 5) is 8.46. The summed E-state index contributed by atoms with van der Waals surface area (Å²) < 4.78 is 5.26. The molecule has 0 aliphatic rings. The molecule has 17 heavy (non-hydrogen) atoms.